The largest absolute Gasteiger partial charge is 0.473 e. The van der Waals surface area contributed by atoms with Crippen molar-refractivity contribution in [3.63, 3.8) is 0 Å². The number of aromatic nitrogens is 1. The summed E-state index contributed by atoms with van der Waals surface area (Å²) in [7, 11) is 0. The lowest BCUT2D eigenvalue weighted by Gasteiger charge is -2.10. The number of hydrogen-bond donors (Lipinski definition) is 1. The third-order valence-electron chi connectivity index (χ3n) is 3.09. The van der Waals surface area contributed by atoms with E-state index in [1.165, 1.54) is 5.56 Å². The minimum Gasteiger partial charge on any atom is -0.473 e. The molecule has 0 aliphatic rings. The first-order valence-electron chi connectivity index (χ1n) is 7.19. The van der Waals surface area contributed by atoms with E-state index in [9.17, 15) is 0 Å². The van der Waals surface area contributed by atoms with E-state index in [4.69, 9.17) is 4.74 Å². The van der Waals surface area contributed by atoms with Crippen molar-refractivity contribution < 1.29 is 4.74 Å². The van der Waals surface area contributed by atoms with Gasteiger partial charge in [0.05, 0.1) is 0 Å². The highest BCUT2D eigenvalue weighted by Crippen LogP contribution is 2.15. The van der Waals surface area contributed by atoms with Crippen molar-refractivity contribution in [1.82, 2.24) is 10.3 Å². The Balaban J connectivity index is 2.06. The summed E-state index contributed by atoms with van der Waals surface area (Å²) in [6.07, 6.45) is 0.918. The predicted molar refractivity (Wildman–Crippen MR) is 81.8 cm³/mol. The molecule has 1 aromatic heterocycles. The molecule has 0 unspecified atom stereocenters. The van der Waals surface area contributed by atoms with Gasteiger partial charge in [0.15, 0.2) is 0 Å². The molecular formula is C17H22N2O. The van der Waals surface area contributed by atoms with Crippen molar-refractivity contribution in [3.05, 3.63) is 59.3 Å². The number of hydrogen-bond acceptors (Lipinski definition) is 3. The first-order valence-corrected chi connectivity index (χ1v) is 7.19. The minimum absolute atomic E-state index is 0.557. The van der Waals surface area contributed by atoms with Crippen LogP contribution in [0.25, 0.3) is 0 Å². The van der Waals surface area contributed by atoms with Gasteiger partial charge in [0.1, 0.15) is 6.61 Å². The molecule has 0 bridgehead atoms. The van der Waals surface area contributed by atoms with Gasteiger partial charge in [-0.15, -0.1) is 0 Å². The quantitative estimate of drug-likeness (QED) is 0.838. The van der Waals surface area contributed by atoms with Gasteiger partial charge >= 0.3 is 0 Å². The average Bonchev–Trinajstić information content (AvgIpc) is 2.51. The van der Waals surface area contributed by atoms with Crippen LogP contribution >= 0.6 is 0 Å². The van der Waals surface area contributed by atoms with E-state index in [2.05, 4.69) is 42.3 Å². The van der Waals surface area contributed by atoms with Crippen molar-refractivity contribution in [2.45, 2.75) is 33.4 Å². The van der Waals surface area contributed by atoms with E-state index in [1.807, 2.05) is 24.3 Å². The SMILES string of the molecule is CCNCc1cc(CC)nc(OCc2ccccc2)c1. The summed E-state index contributed by atoms with van der Waals surface area (Å²) < 4.78 is 5.82. The highest BCUT2D eigenvalue weighted by atomic mass is 16.5. The Labute approximate surface area is 121 Å². The first-order chi connectivity index (χ1) is 9.81. The Bertz CT molecular complexity index is 526. The molecule has 3 heteroatoms. The molecule has 2 aromatic rings. The molecule has 20 heavy (non-hydrogen) atoms. The molecule has 1 heterocycles. The van der Waals surface area contributed by atoms with Gasteiger partial charge in [-0.2, -0.15) is 0 Å². The number of ether oxygens (including phenoxy) is 1. The Kier molecular flexibility index (Phi) is 5.56. The monoisotopic (exact) mass is 270 g/mol. The first kappa shape index (κ1) is 14.5. The van der Waals surface area contributed by atoms with Crippen LogP contribution in [0.1, 0.15) is 30.7 Å². The average molecular weight is 270 g/mol. The molecule has 0 radical (unpaired) electrons. The maximum Gasteiger partial charge on any atom is 0.214 e. The predicted octanol–water partition coefficient (Wildman–Crippen LogP) is 3.33. The van der Waals surface area contributed by atoms with Gasteiger partial charge in [-0.05, 0) is 30.2 Å². The van der Waals surface area contributed by atoms with Crippen LogP contribution in [-0.2, 0) is 19.6 Å². The molecule has 0 aliphatic carbocycles. The summed E-state index contributed by atoms with van der Waals surface area (Å²) in [5.41, 5.74) is 3.45. The van der Waals surface area contributed by atoms with Crippen LogP contribution in [0.15, 0.2) is 42.5 Å². The van der Waals surface area contributed by atoms with E-state index in [0.29, 0.717) is 12.5 Å². The van der Waals surface area contributed by atoms with Gasteiger partial charge in [-0.25, -0.2) is 4.98 Å². The Morgan fingerprint density at radius 3 is 2.55 bits per heavy atom. The third kappa shape index (κ3) is 4.35. The molecule has 0 amide bonds. The number of nitrogens with zero attached hydrogens (tertiary/aromatic N) is 1. The van der Waals surface area contributed by atoms with Crippen LogP contribution in [0.4, 0.5) is 0 Å². The minimum atomic E-state index is 0.557. The molecule has 0 aliphatic heterocycles. The molecule has 2 rings (SSSR count). The highest BCUT2D eigenvalue weighted by Gasteiger charge is 2.03. The van der Waals surface area contributed by atoms with Crippen molar-refractivity contribution >= 4 is 0 Å². The lowest BCUT2D eigenvalue weighted by Crippen LogP contribution is -2.12. The number of benzene rings is 1. The van der Waals surface area contributed by atoms with Crippen molar-refractivity contribution in [2.75, 3.05) is 6.54 Å². The molecule has 0 atom stereocenters. The third-order valence-corrected chi connectivity index (χ3v) is 3.09. The van der Waals surface area contributed by atoms with Crippen LogP contribution in [0.5, 0.6) is 5.88 Å². The lowest BCUT2D eigenvalue weighted by molar-refractivity contribution is 0.292. The van der Waals surface area contributed by atoms with Gasteiger partial charge in [-0.3, -0.25) is 0 Å². The van der Waals surface area contributed by atoms with E-state index in [-0.39, 0.29) is 0 Å². The summed E-state index contributed by atoms with van der Waals surface area (Å²) in [5.74, 6) is 0.709. The zero-order valence-electron chi connectivity index (χ0n) is 12.2. The molecule has 0 saturated carbocycles. The zero-order valence-corrected chi connectivity index (χ0v) is 12.2. The highest BCUT2D eigenvalue weighted by molar-refractivity contribution is 5.26. The second-order valence-corrected chi connectivity index (χ2v) is 4.71. The number of nitrogens with one attached hydrogen (secondary N) is 1. The van der Waals surface area contributed by atoms with E-state index < -0.39 is 0 Å². The molecule has 3 nitrogen and oxygen atoms in total. The fourth-order valence-electron chi connectivity index (χ4n) is 1.98. The van der Waals surface area contributed by atoms with Crippen LogP contribution in [0, 0.1) is 0 Å². The summed E-state index contributed by atoms with van der Waals surface area (Å²) in [6, 6.07) is 14.3. The van der Waals surface area contributed by atoms with Crippen LogP contribution < -0.4 is 10.1 Å². The van der Waals surface area contributed by atoms with Gasteiger partial charge in [0.25, 0.3) is 0 Å². The van der Waals surface area contributed by atoms with Crippen molar-refractivity contribution in [2.24, 2.45) is 0 Å². The molecule has 0 fully saturated rings. The van der Waals surface area contributed by atoms with Crippen LogP contribution in [0.3, 0.4) is 0 Å². The van der Waals surface area contributed by atoms with Crippen molar-refractivity contribution in [1.29, 1.82) is 0 Å². The fraction of sp³-hybridized carbons (Fsp3) is 0.353. The second-order valence-electron chi connectivity index (χ2n) is 4.71. The Morgan fingerprint density at radius 1 is 1.05 bits per heavy atom. The molecule has 0 spiro atoms. The van der Waals surface area contributed by atoms with Crippen LogP contribution in [0.2, 0.25) is 0 Å². The van der Waals surface area contributed by atoms with Gasteiger partial charge in [0.2, 0.25) is 5.88 Å². The van der Waals surface area contributed by atoms with E-state index in [1.54, 1.807) is 0 Å². The number of rotatable bonds is 7. The van der Waals surface area contributed by atoms with E-state index in [0.717, 1.165) is 30.8 Å². The maximum absolute atomic E-state index is 5.82. The molecule has 1 aromatic carbocycles. The molecular weight excluding hydrogens is 248 g/mol. The standard InChI is InChI=1S/C17H22N2O/c1-3-16-10-15(12-18-4-2)11-17(19-16)20-13-14-8-6-5-7-9-14/h5-11,18H,3-4,12-13H2,1-2H3. The Morgan fingerprint density at radius 2 is 1.85 bits per heavy atom. The van der Waals surface area contributed by atoms with Crippen molar-refractivity contribution in [3.8, 4) is 5.88 Å². The molecule has 0 saturated heterocycles. The normalized spacial score (nSPS) is 10.5. The van der Waals surface area contributed by atoms with Gasteiger partial charge in [0, 0.05) is 18.3 Å². The molecule has 106 valence electrons. The van der Waals surface area contributed by atoms with Crippen LogP contribution in [-0.4, -0.2) is 11.5 Å². The maximum atomic E-state index is 5.82. The Hall–Kier alpha value is -1.87. The van der Waals surface area contributed by atoms with E-state index >= 15 is 0 Å². The van der Waals surface area contributed by atoms with Gasteiger partial charge < -0.3 is 10.1 Å². The number of aryl methyl sites for hydroxylation is 1. The fourth-order valence-corrected chi connectivity index (χ4v) is 1.98. The lowest BCUT2D eigenvalue weighted by atomic mass is 10.2. The summed E-state index contributed by atoms with van der Waals surface area (Å²) in [6.45, 7) is 6.59. The summed E-state index contributed by atoms with van der Waals surface area (Å²) in [5, 5.41) is 3.33. The summed E-state index contributed by atoms with van der Waals surface area (Å²) >= 11 is 0. The zero-order chi connectivity index (χ0) is 14.2. The molecule has 1 N–H and O–H groups in total. The van der Waals surface area contributed by atoms with Gasteiger partial charge in [-0.1, -0.05) is 44.2 Å². The summed E-state index contributed by atoms with van der Waals surface area (Å²) in [4.78, 5) is 4.53. The topological polar surface area (TPSA) is 34.2 Å². The second kappa shape index (κ2) is 7.65. The number of pyridine rings is 1. The smallest absolute Gasteiger partial charge is 0.214 e.